The van der Waals surface area contributed by atoms with Crippen LogP contribution in [0.15, 0.2) is 0 Å². The van der Waals surface area contributed by atoms with Crippen LogP contribution < -0.4 is 0 Å². The Bertz CT molecular complexity index is 154. The van der Waals surface area contributed by atoms with E-state index in [-0.39, 0.29) is 5.92 Å². The second-order valence-electron chi connectivity index (χ2n) is 3.80. The lowest BCUT2D eigenvalue weighted by Crippen LogP contribution is -2.25. The van der Waals surface area contributed by atoms with Gasteiger partial charge < -0.3 is 5.11 Å². The van der Waals surface area contributed by atoms with E-state index >= 15 is 0 Å². The summed E-state index contributed by atoms with van der Waals surface area (Å²) in [6, 6.07) is 0. The largest absolute Gasteiger partial charge is 0.481 e. The minimum absolute atomic E-state index is 0.0683. The molecule has 0 amide bonds. The maximum absolute atomic E-state index is 10.6. The van der Waals surface area contributed by atoms with Gasteiger partial charge in [-0.15, -0.1) is 0 Å². The monoisotopic (exact) mass is 156 g/mol. The number of hydrogen-bond donors (Lipinski definition) is 1. The Hall–Kier alpha value is -0.530. The predicted molar refractivity (Wildman–Crippen MR) is 43.3 cm³/mol. The van der Waals surface area contributed by atoms with Crippen LogP contribution in [0.25, 0.3) is 0 Å². The first-order valence-electron chi connectivity index (χ1n) is 4.34. The standard InChI is InChI=1S/C9H16O2/c1-6-3-4-8(9(10)11)5-7(6)2/h6-8H,3-5H2,1-2H3,(H,10,11)/t6?,7?,8-/m1/s1. The van der Waals surface area contributed by atoms with Gasteiger partial charge in [0, 0.05) is 0 Å². The molecule has 2 heteroatoms. The van der Waals surface area contributed by atoms with E-state index in [1.165, 1.54) is 0 Å². The molecular weight excluding hydrogens is 140 g/mol. The number of rotatable bonds is 1. The molecule has 0 aromatic rings. The van der Waals surface area contributed by atoms with Gasteiger partial charge in [0.15, 0.2) is 0 Å². The van der Waals surface area contributed by atoms with Crippen molar-refractivity contribution in [1.29, 1.82) is 0 Å². The van der Waals surface area contributed by atoms with Crippen molar-refractivity contribution < 1.29 is 9.90 Å². The van der Waals surface area contributed by atoms with Gasteiger partial charge in [-0.05, 0) is 31.1 Å². The first-order chi connectivity index (χ1) is 5.11. The summed E-state index contributed by atoms with van der Waals surface area (Å²) in [5.41, 5.74) is 0. The van der Waals surface area contributed by atoms with Crippen molar-refractivity contribution in [2.24, 2.45) is 17.8 Å². The van der Waals surface area contributed by atoms with Gasteiger partial charge in [-0.25, -0.2) is 0 Å². The van der Waals surface area contributed by atoms with Crippen LogP contribution in [0.4, 0.5) is 0 Å². The molecule has 1 rings (SSSR count). The van der Waals surface area contributed by atoms with Gasteiger partial charge in [0.2, 0.25) is 0 Å². The lowest BCUT2D eigenvalue weighted by molar-refractivity contribution is -0.143. The molecule has 0 aromatic carbocycles. The van der Waals surface area contributed by atoms with E-state index in [4.69, 9.17) is 5.11 Å². The summed E-state index contributed by atoms with van der Waals surface area (Å²) < 4.78 is 0. The van der Waals surface area contributed by atoms with Crippen molar-refractivity contribution >= 4 is 5.97 Å². The Labute approximate surface area is 67.6 Å². The fraction of sp³-hybridized carbons (Fsp3) is 0.889. The summed E-state index contributed by atoms with van der Waals surface area (Å²) in [6.45, 7) is 4.36. The molecule has 1 fully saturated rings. The molecule has 2 unspecified atom stereocenters. The highest BCUT2D eigenvalue weighted by Gasteiger charge is 2.28. The number of carboxylic acids is 1. The Morgan fingerprint density at radius 2 is 1.91 bits per heavy atom. The molecule has 1 aliphatic rings. The highest BCUT2D eigenvalue weighted by atomic mass is 16.4. The zero-order chi connectivity index (χ0) is 8.43. The second kappa shape index (κ2) is 3.24. The molecule has 64 valence electrons. The molecule has 1 saturated carbocycles. The van der Waals surface area contributed by atoms with Crippen molar-refractivity contribution in [3.8, 4) is 0 Å². The first-order valence-corrected chi connectivity index (χ1v) is 4.34. The molecule has 0 heterocycles. The van der Waals surface area contributed by atoms with Gasteiger partial charge in [-0.1, -0.05) is 13.8 Å². The lowest BCUT2D eigenvalue weighted by atomic mass is 9.76. The van der Waals surface area contributed by atoms with Gasteiger partial charge in [-0.3, -0.25) is 4.79 Å². The molecule has 3 atom stereocenters. The summed E-state index contributed by atoms with van der Waals surface area (Å²) in [6.07, 6.45) is 2.83. The van der Waals surface area contributed by atoms with E-state index in [1.54, 1.807) is 0 Å². The van der Waals surface area contributed by atoms with Crippen LogP contribution in [0.3, 0.4) is 0 Å². The molecule has 1 aliphatic carbocycles. The Balaban J connectivity index is 2.46. The quantitative estimate of drug-likeness (QED) is 0.631. The Morgan fingerprint density at radius 1 is 1.27 bits per heavy atom. The molecule has 11 heavy (non-hydrogen) atoms. The van der Waals surface area contributed by atoms with Crippen molar-refractivity contribution in [1.82, 2.24) is 0 Å². The van der Waals surface area contributed by atoms with E-state index in [1.807, 2.05) is 0 Å². The summed E-state index contributed by atoms with van der Waals surface area (Å²) in [5.74, 6) is 0.625. The van der Waals surface area contributed by atoms with Crippen LogP contribution >= 0.6 is 0 Å². The van der Waals surface area contributed by atoms with Crippen molar-refractivity contribution in [2.75, 3.05) is 0 Å². The van der Waals surface area contributed by atoms with Crippen molar-refractivity contribution in [3.63, 3.8) is 0 Å². The zero-order valence-electron chi connectivity index (χ0n) is 7.21. The van der Waals surface area contributed by atoms with Crippen LogP contribution in [0, 0.1) is 17.8 Å². The van der Waals surface area contributed by atoms with Crippen LogP contribution in [-0.2, 0) is 4.79 Å². The molecular formula is C9H16O2. The molecule has 0 bridgehead atoms. The number of carboxylic acid groups (broad SMARTS) is 1. The summed E-state index contributed by atoms with van der Waals surface area (Å²) in [4.78, 5) is 10.6. The minimum atomic E-state index is -0.608. The van der Waals surface area contributed by atoms with Gasteiger partial charge in [0.05, 0.1) is 5.92 Å². The summed E-state index contributed by atoms with van der Waals surface area (Å²) in [7, 11) is 0. The van der Waals surface area contributed by atoms with Gasteiger partial charge in [0.25, 0.3) is 0 Å². The van der Waals surface area contributed by atoms with Crippen LogP contribution in [0.2, 0.25) is 0 Å². The minimum Gasteiger partial charge on any atom is -0.481 e. The van der Waals surface area contributed by atoms with E-state index in [9.17, 15) is 4.79 Å². The van der Waals surface area contributed by atoms with Crippen molar-refractivity contribution in [2.45, 2.75) is 33.1 Å². The summed E-state index contributed by atoms with van der Waals surface area (Å²) >= 11 is 0. The van der Waals surface area contributed by atoms with E-state index in [0.717, 1.165) is 19.3 Å². The third kappa shape index (κ3) is 1.95. The van der Waals surface area contributed by atoms with Gasteiger partial charge in [-0.2, -0.15) is 0 Å². The number of hydrogen-bond acceptors (Lipinski definition) is 1. The van der Waals surface area contributed by atoms with Crippen molar-refractivity contribution in [3.05, 3.63) is 0 Å². The van der Waals surface area contributed by atoms with Crippen LogP contribution in [-0.4, -0.2) is 11.1 Å². The van der Waals surface area contributed by atoms with E-state index < -0.39 is 5.97 Å². The average Bonchev–Trinajstić information content (AvgIpc) is 1.94. The third-order valence-corrected chi connectivity index (χ3v) is 2.95. The fourth-order valence-corrected chi connectivity index (χ4v) is 1.77. The highest BCUT2D eigenvalue weighted by Crippen LogP contribution is 2.33. The molecule has 0 saturated heterocycles. The van der Waals surface area contributed by atoms with E-state index in [2.05, 4.69) is 13.8 Å². The van der Waals surface area contributed by atoms with Crippen LogP contribution in [0.1, 0.15) is 33.1 Å². The lowest BCUT2D eigenvalue weighted by Gasteiger charge is -2.29. The number of carbonyl (C=O) groups is 1. The normalized spacial score (nSPS) is 38.5. The second-order valence-corrected chi connectivity index (χ2v) is 3.80. The summed E-state index contributed by atoms with van der Waals surface area (Å²) in [5, 5.41) is 8.74. The number of aliphatic carboxylic acids is 1. The highest BCUT2D eigenvalue weighted by molar-refractivity contribution is 5.70. The van der Waals surface area contributed by atoms with E-state index in [0.29, 0.717) is 11.8 Å². The topological polar surface area (TPSA) is 37.3 Å². The smallest absolute Gasteiger partial charge is 0.306 e. The molecule has 0 aromatic heterocycles. The Morgan fingerprint density at radius 3 is 2.36 bits per heavy atom. The van der Waals surface area contributed by atoms with Gasteiger partial charge in [0.1, 0.15) is 0 Å². The zero-order valence-corrected chi connectivity index (χ0v) is 7.21. The maximum Gasteiger partial charge on any atom is 0.306 e. The SMILES string of the molecule is CC1CC[C@@H](C(=O)O)CC1C. The average molecular weight is 156 g/mol. The molecule has 0 aliphatic heterocycles. The Kier molecular flexibility index (Phi) is 2.53. The molecule has 0 spiro atoms. The van der Waals surface area contributed by atoms with Crippen LogP contribution in [0.5, 0.6) is 0 Å². The predicted octanol–water partition coefficient (Wildman–Crippen LogP) is 2.14. The maximum atomic E-state index is 10.6. The first kappa shape index (κ1) is 8.57. The van der Waals surface area contributed by atoms with Gasteiger partial charge >= 0.3 is 5.97 Å². The molecule has 1 N–H and O–H groups in total. The molecule has 0 radical (unpaired) electrons. The fourth-order valence-electron chi connectivity index (χ4n) is 1.77. The third-order valence-electron chi connectivity index (χ3n) is 2.95. The molecule has 2 nitrogen and oxygen atoms in total.